The molecule has 0 radical (unpaired) electrons. The van der Waals surface area contributed by atoms with E-state index >= 15 is 0 Å². The summed E-state index contributed by atoms with van der Waals surface area (Å²) in [5, 5.41) is 3.76. The molecule has 1 fully saturated rings. The predicted molar refractivity (Wildman–Crippen MR) is 76.7 cm³/mol. The van der Waals surface area contributed by atoms with Crippen LogP contribution in [0.15, 0.2) is 35.0 Å². The van der Waals surface area contributed by atoms with E-state index in [1.807, 2.05) is 30.0 Å². The second-order valence-corrected chi connectivity index (χ2v) is 5.22. The lowest BCUT2D eigenvalue weighted by Crippen LogP contribution is -2.48. The lowest BCUT2D eigenvalue weighted by Gasteiger charge is -2.33. The van der Waals surface area contributed by atoms with Gasteiger partial charge in [0.05, 0.1) is 11.4 Å². The van der Waals surface area contributed by atoms with Crippen molar-refractivity contribution in [2.75, 3.05) is 26.2 Å². The van der Waals surface area contributed by atoms with Crippen LogP contribution in [-0.2, 0) is 6.54 Å². The topological polar surface area (TPSA) is 62.5 Å². The Balaban J connectivity index is 1.54. The summed E-state index contributed by atoms with van der Waals surface area (Å²) in [7, 11) is 0. The van der Waals surface area contributed by atoms with Gasteiger partial charge in [0, 0.05) is 45.0 Å². The number of aryl methyl sites for hydroxylation is 1. The van der Waals surface area contributed by atoms with E-state index in [9.17, 15) is 4.79 Å². The smallest absolute Gasteiger partial charge is 0.292 e. The fraction of sp³-hybridized carbons (Fsp3) is 0.400. The van der Waals surface area contributed by atoms with Crippen molar-refractivity contribution in [3.05, 3.63) is 47.6 Å². The third kappa shape index (κ3) is 3.28. The van der Waals surface area contributed by atoms with Crippen molar-refractivity contribution in [2.24, 2.45) is 0 Å². The molecule has 0 spiro atoms. The maximum atomic E-state index is 12.2. The Morgan fingerprint density at radius 3 is 2.71 bits per heavy atom. The number of carbonyl (C=O) groups is 1. The van der Waals surface area contributed by atoms with Crippen molar-refractivity contribution >= 4 is 5.91 Å². The van der Waals surface area contributed by atoms with E-state index in [0.717, 1.165) is 31.0 Å². The van der Waals surface area contributed by atoms with Crippen LogP contribution in [0.3, 0.4) is 0 Å². The Labute approximate surface area is 123 Å². The largest absolute Gasteiger partial charge is 0.351 e. The highest BCUT2D eigenvalue weighted by Crippen LogP contribution is 2.11. The first-order valence-corrected chi connectivity index (χ1v) is 7.07. The number of aromatic nitrogens is 2. The zero-order chi connectivity index (χ0) is 14.7. The molecule has 110 valence electrons. The van der Waals surface area contributed by atoms with E-state index in [2.05, 4.69) is 15.0 Å². The maximum Gasteiger partial charge on any atom is 0.292 e. The second-order valence-electron chi connectivity index (χ2n) is 5.22. The van der Waals surface area contributed by atoms with Crippen LogP contribution in [0.1, 0.15) is 21.9 Å². The standard InChI is InChI=1S/C15H18N4O2/c1-12-10-14(21-17-12)15(20)19-8-6-18(7-9-19)11-13-4-2-3-5-16-13/h2-5,10H,6-9,11H2,1H3. The van der Waals surface area contributed by atoms with E-state index < -0.39 is 0 Å². The summed E-state index contributed by atoms with van der Waals surface area (Å²) in [5.74, 6) is 0.249. The molecular weight excluding hydrogens is 268 g/mol. The summed E-state index contributed by atoms with van der Waals surface area (Å²) in [5.41, 5.74) is 1.79. The molecule has 1 amide bonds. The van der Waals surface area contributed by atoms with Gasteiger partial charge in [-0.3, -0.25) is 14.7 Å². The Morgan fingerprint density at radius 1 is 1.29 bits per heavy atom. The molecule has 1 saturated heterocycles. The summed E-state index contributed by atoms with van der Waals surface area (Å²) < 4.78 is 5.04. The normalized spacial score (nSPS) is 16.1. The fourth-order valence-corrected chi connectivity index (χ4v) is 2.45. The van der Waals surface area contributed by atoms with E-state index in [0.29, 0.717) is 18.8 Å². The van der Waals surface area contributed by atoms with Crippen LogP contribution < -0.4 is 0 Å². The van der Waals surface area contributed by atoms with Gasteiger partial charge in [-0.1, -0.05) is 11.2 Å². The molecule has 0 bridgehead atoms. The molecule has 3 heterocycles. The van der Waals surface area contributed by atoms with E-state index in [4.69, 9.17) is 4.52 Å². The minimum atomic E-state index is -0.0758. The first-order chi connectivity index (χ1) is 10.2. The summed E-state index contributed by atoms with van der Waals surface area (Å²) in [6.07, 6.45) is 1.81. The Kier molecular flexibility index (Phi) is 3.96. The molecule has 1 aliphatic rings. The SMILES string of the molecule is Cc1cc(C(=O)N2CCN(Cc3ccccn3)CC2)on1. The third-order valence-electron chi connectivity index (χ3n) is 3.61. The zero-order valence-corrected chi connectivity index (χ0v) is 12.0. The molecular formula is C15H18N4O2. The Hall–Kier alpha value is -2.21. The molecule has 0 aromatic carbocycles. The summed E-state index contributed by atoms with van der Waals surface area (Å²) in [6.45, 7) is 5.72. The lowest BCUT2D eigenvalue weighted by atomic mass is 10.2. The Morgan fingerprint density at radius 2 is 2.10 bits per heavy atom. The van der Waals surface area contributed by atoms with Gasteiger partial charge >= 0.3 is 0 Å². The zero-order valence-electron chi connectivity index (χ0n) is 12.0. The number of hydrogen-bond acceptors (Lipinski definition) is 5. The van der Waals surface area contributed by atoms with Crippen molar-refractivity contribution in [1.29, 1.82) is 0 Å². The molecule has 21 heavy (non-hydrogen) atoms. The number of carbonyl (C=O) groups excluding carboxylic acids is 1. The summed E-state index contributed by atoms with van der Waals surface area (Å²) in [4.78, 5) is 20.7. The number of pyridine rings is 1. The second kappa shape index (κ2) is 6.05. The average Bonchev–Trinajstić information content (AvgIpc) is 2.95. The molecule has 6 nitrogen and oxygen atoms in total. The van der Waals surface area contributed by atoms with Crippen molar-refractivity contribution in [1.82, 2.24) is 19.9 Å². The van der Waals surface area contributed by atoms with Gasteiger partial charge in [-0.25, -0.2) is 0 Å². The van der Waals surface area contributed by atoms with Gasteiger partial charge in [-0.2, -0.15) is 0 Å². The first kappa shape index (κ1) is 13.8. The van der Waals surface area contributed by atoms with Crippen molar-refractivity contribution in [3.63, 3.8) is 0 Å². The molecule has 0 unspecified atom stereocenters. The quantitative estimate of drug-likeness (QED) is 0.852. The van der Waals surface area contributed by atoms with Crippen LogP contribution in [0, 0.1) is 6.92 Å². The highest BCUT2D eigenvalue weighted by Gasteiger charge is 2.24. The summed E-state index contributed by atoms with van der Waals surface area (Å²) >= 11 is 0. The molecule has 6 heteroatoms. The third-order valence-corrected chi connectivity index (χ3v) is 3.61. The number of amides is 1. The minimum absolute atomic E-state index is 0.0758. The van der Waals surface area contributed by atoms with Gasteiger partial charge in [0.2, 0.25) is 5.76 Å². The molecule has 1 aliphatic heterocycles. The van der Waals surface area contributed by atoms with E-state index in [1.165, 1.54) is 0 Å². The monoisotopic (exact) mass is 286 g/mol. The van der Waals surface area contributed by atoms with E-state index in [1.54, 1.807) is 12.3 Å². The van der Waals surface area contributed by atoms with Crippen LogP contribution in [0.5, 0.6) is 0 Å². The molecule has 0 N–H and O–H groups in total. The molecule has 0 aliphatic carbocycles. The van der Waals surface area contributed by atoms with E-state index in [-0.39, 0.29) is 5.91 Å². The highest BCUT2D eigenvalue weighted by atomic mass is 16.5. The predicted octanol–water partition coefficient (Wildman–Crippen LogP) is 1.34. The number of rotatable bonds is 3. The number of hydrogen-bond donors (Lipinski definition) is 0. The molecule has 0 atom stereocenters. The van der Waals surface area contributed by atoms with Gasteiger partial charge in [0.25, 0.3) is 5.91 Å². The van der Waals surface area contributed by atoms with Gasteiger partial charge in [-0.15, -0.1) is 0 Å². The molecule has 3 rings (SSSR count). The van der Waals surface area contributed by atoms with Crippen molar-refractivity contribution in [2.45, 2.75) is 13.5 Å². The Bertz CT molecular complexity index is 603. The maximum absolute atomic E-state index is 12.2. The van der Waals surface area contributed by atoms with Gasteiger partial charge in [0.15, 0.2) is 0 Å². The minimum Gasteiger partial charge on any atom is -0.351 e. The van der Waals surface area contributed by atoms with Crippen molar-refractivity contribution in [3.8, 4) is 0 Å². The first-order valence-electron chi connectivity index (χ1n) is 7.07. The average molecular weight is 286 g/mol. The number of piperazine rings is 1. The molecule has 0 saturated carbocycles. The van der Waals surface area contributed by atoms with Gasteiger partial charge in [0.1, 0.15) is 0 Å². The van der Waals surface area contributed by atoms with Crippen LogP contribution in [0.2, 0.25) is 0 Å². The lowest BCUT2D eigenvalue weighted by molar-refractivity contribution is 0.0587. The fourth-order valence-electron chi connectivity index (χ4n) is 2.45. The van der Waals surface area contributed by atoms with Crippen LogP contribution in [0.4, 0.5) is 0 Å². The molecule has 2 aromatic rings. The summed E-state index contributed by atoms with van der Waals surface area (Å²) in [6, 6.07) is 7.62. The highest BCUT2D eigenvalue weighted by molar-refractivity contribution is 5.91. The van der Waals surface area contributed by atoms with Gasteiger partial charge in [-0.05, 0) is 19.1 Å². The van der Waals surface area contributed by atoms with Gasteiger partial charge < -0.3 is 9.42 Å². The van der Waals surface area contributed by atoms with Crippen LogP contribution >= 0.6 is 0 Å². The van der Waals surface area contributed by atoms with Crippen molar-refractivity contribution < 1.29 is 9.32 Å². The van der Waals surface area contributed by atoms with Crippen LogP contribution in [0.25, 0.3) is 0 Å². The number of nitrogens with zero attached hydrogens (tertiary/aromatic N) is 4. The molecule has 2 aromatic heterocycles. The van der Waals surface area contributed by atoms with Crippen LogP contribution in [-0.4, -0.2) is 52.0 Å².